The van der Waals surface area contributed by atoms with Gasteiger partial charge in [-0.25, -0.2) is 0 Å². The van der Waals surface area contributed by atoms with Crippen LogP contribution in [0.3, 0.4) is 0 Å². The van der Waals surface area contributed by atoms with E-state index in [4.69, 9.17) is 4.74 Å². The van der Waals surface area contributed by atoms with Gasteiger partial charge in [-0.3, -0.25) is 4.79 Å². The minimum absolute atomic E-state index is 0.134. The molecule has 0 spiro atoms. The molecule has 1 aromatic heterocycles. The lowest BCUT2D eigenvalue weighted by atomic mass is 10.1. The van der Waals surface area contributed by atoms with Crippen molar-refractivity contribution in [2.45, 2.75) is 32.2 Å². The number of methoxy groups -OCH3 is 1. The van der Waals surface area contributed by atoms with E-state index in [0.717, 1.165) is 5.56 Å². The summed E-state index contributed by atoms with van der Waals surface area (Å²) < 4.78 is 46.7. The molecule has 6 nitrogen and oxygen atoms in total. The third kappa shape index (κ3) is 4.54. The summed E-state index contributed by atoms with van der Waals surface area (Å²) in [6, 6.07) is 6.55. The molecular weight excluding hydrogens is 327 g/mol. The van der Waals surface area contributed by atoms with Gasteiger partial charge in [-0.15, -0.1) is 0 Å². The van der Waals surface area contributed by atoms with E-state index >= 15 is 0 Å². The van der Waals surface area contributed by atoms with Gasteiger partial charge in [0.2, 0.25) is 11.7 Å². The Morgan fingerprint density at radius 1 is 1.33 bits per heavy atom. The molecule has 1 N–H and O–H groups in total. The van der Waals surface area contributed by atoms with Gasteiger partial charge < -0.3 is 14.6 Å². The number of benzene rings is 1. The van der Waals surface area contributed by atoms with Crippen LogP contribution >= 0.6 is 0 Å². The molecule has 0 aliphatic carbocycles. The Balaban J connectivity index is 2.07. The number of carbonyl (C=O) groups excluding carboxylic acids is 1. The molecule has 130 valence electrons. The lowest BCUT2D eigenvalue weighted by Gasteiger charge is -2.16. The summed E-state index contributed by atoms with van der Waals surface area (Å²) in [6.45, 7) is 1.73. The highest BCUT2D eigenvalue weighted by atomic mass is 19.4. The van der Waals surface area contributed by atoms with Gasteiger partial charge in [-0.1, -0.05) is 36.3 Å². The molecule has 1 amide bonds. The van der Waals surface area contributed by atoms with E-state index in [0.29, 0.717) is 18.4 Å². The van der Waals surface area contributed by atoms with Crippen LogP contribution in [0.15, 0.2) is 28.8 Å². The van der Waals surface area contributed by atoms with E-state index < -0.39 is 18.3 Å². The molecule has 0 saturated carbocycles. The maximum atomic E-state index is 12.5. The molecule has 1 atom stereocenters. The Morgan fingerprint density at radius 3 is 2.50 bits per heavy atom. The fourth-order valence-electron chi connectivity index (χ4n) is 1.93. The maximum absolute atomic E-state index is 12.5. The molecule has 0 fully saturated rings. The molecule has 0 radical (unpaired) electrons. The summed E-state index contributed by atoms with van der Waals surface area (Å²) in [6.07, 6.45) is -4.39. The van der Waals surface area contributed by atoms with Gasteiger partial charge in [0.15, 0.2) is 0 Å². The topological polar surface area (TPSA) is 77.3 Å². The molecule has 0 aliphatic heterocycles. The Kier molecular flexibility index (Phi) is 5.55. The maximum Gasteiger partial charge on any atom is 0.471 e. The van der Waals surface area contributed by atoms with Gasteiger partial charge in [0.05, 0.1) is 0 Å². The molecule has 0 saturated heterocycles. The third-order valence-corrected chi connectivity index (χ3v) is 3.23. The minimum atomic E-state index is -4.67. The fraction of sp³-hybridized carbons (Fsp3) is 0.400. The van der Waals surface area contributed by atoms with Crippen molar-refractivity contribution in [1.29, 1.82) is 0 Å². The number of hydrogen-bond acceptors (Lipinski definition) is 5. The summed E-state index contributed by atoms with van der Waals surface area (Å²) in [4.78, 5) is 14.7. The number of halogens is 3. The Labute approximate surface area is 136 Å². The van der Waals surface area contributed by atoms with Crippen molar-refractivity contribution in [3.05, 3.63) is 35.7 Å². The van der Waals surface area contributed by atoms with Crippen LogP contribution in [0.5, 0.6) is 0 Å². The third-order valence-electron chi connectivity index (χ3n) is 3.23. The van der Waals surface area contributed by atoms with Crippen molar-refractivity contribution in [3.63, 3.8) is 0 Å². The number of amides is 1. The quantitative estimate of drug-likeness (QED) is 0.816. The number of rotatable bonds is 6. The monoisotopic (exact) mass is 343 g/mol. The van der Waals surface area contributed by atoms with Crippen molar-refractivity contribution >= 4 is 5.91 Å². The molecule has 0 aliphatic rings. The minimum Gasteiger partial charge on any atom is -0.361 e. The van der Waals surface area contributed by atoms with E-state index in [1.165, 1.54) is 7.11 Å². The Hall–Kier alpha value is -2.42. The molecule has 2 aromatic rings. The van der Waals surface area contributed by atoms with Crippen LogP contribution in [0.25, 0.3) is 11.4 Å². The fourth-order valence-corrected chi connectivity index (χ4v) is 1.93. The molecule has 24 heavy (non-hydrogen) atoms. The van der Waals surface area contributed by atoms with Gasteiger partial charge in [-0.05, 0) is 5.56 Å². The van der Waals surface area contributed by atoms with Gasteiger partial charge >= 0.3 is 12.1 Å². The lowest BCUT2D eigenvalue weighted by Crippen LogP contribution is -2.37. The number of alkyl halides is 3. The summed E-state index contributed by atoms with van der Waals surface area (Å²) >= 11 is 0. The van der Waals surface area contributed by atoms with Crippen molar-refractivity contribution < 1.29 is 27.2 Å². The second-order valence-electron chi connectivity index (χ2n) is 4.97. The number of ether oxygens (including phenoxy) is 1. The van der Waals surface area contributed by atoms with Gasteiger partial charge in [-0.2, -0.15) is 18.2 Å². The molecule has 9 heteroatoms. The predicted octanol–water partition coefficient (Wildman–Crippen LogP) is 2.80. The first-order valence-corrected chi connectivity index (χ1v) is 7.16. The van der Waals surface area contributed by atoms with Crippen molar-refractivity contribution in [2.75, 3.05) is 7.11 Å². The molecule has 1 heterocycles. The molecule has 0 bridgehead atoms. The van der Waals surface area contributed by atoms with Crippen LogP contribution in [-0.4, -0.2) is 29.4 Å². The predicted molar refractivity (Wildman–Crippen MR) is 77.7 cm³/mol. The van der Waals surface area contributed by atoms with E-state index in [9.17, 15) is 18.0 Å². The van der Waals surface area contributed by atoms with Crippen molar-refractivity contribution in [3.8, 4) is 11.4 Å². The van der Waals surface area contributed by atoms with Crippen LogP contribution in [0, 0.1) is 0 Å². The summed E-state index contributed by atoms with van der Waals surface area (Å²) in [5.41, 5.74) is 1.23. The van der Waals surface area contributed by atoms with Gasteiger partial charge in [0.25, 0.3) is 0 Å². The average Bonchev–Trinajstić information content (AvgIpc) is 3.05. The first-order chi connectivity index (χ1) is 11.3. The highest BCUT2D eigenvalue weighted by molar-refractivity contribution is 5.75. The van der Waals surface area contributed by atoms with Crippen LogP contribution in [0.2, 0.25) is 0 Å². The normalized spacial score (nSPS) is 12.9. The van der Waals surface area contributed by atoms with Crippen LogP contribution in [0.1, 0.15) is 24.8 Å². The van der Waals surface area contributed by atoms with Crippen LogP contribution in [0.4, 0.5) is 13.2 Å². The number of aromatic nitrogens is 2. The zero-order valence-electron chi connectivity index (χ0n) is 13.1. The SMILES string of the molecule is CCC(=O)NC(Cc1ccc(-c2noc(C(F)(F)F)n2)cc1)OC. The van der Waals surface area contributed by atoms with Gasteiger partial charge in [0, 0.05) is 25.5 Å². The first-order valence-electron chi connectivity index (χ1n) is 7.16. The molecule has 1 aromatic carbocycles. The molecular formula is C15H16F3N3O3. The molecule has 2 rings (SSSR count). The molecule has 1 unspecified atom stereocenters. The van der Waals surface area contributed by atoms with Gasteiger partial charge in [0.1, 0.15) is 6.23 Å². The number of nitrogens with one attached hydrogen (secondary N) is 1. The van der Waals surface area contributed by atoms with E-state index in [-0.39, 0.29) is 11.7 Å². The van der Waals surface area contributed by atoms with Crippen LogP contribution < -0.4 is 5.32 Å². The standard InChI is InChI=1S/C15H16F3N3O3/c1-3-11(22)19-12(23-2)8-9-4-6-10(7-5-9)13-20-14(24-21-13)15(16,17)18/h4-7,12H,3,8H2,1-2H3,(H,19,22). The number of carbonyl (C=O) groups is 1. The zero-order chi connectivity index (χ0) is 17.7. The van der Waals surface area contributed by atoms with E-state index in [1.54, 1.807) is 31.2 Å². The zero-order valence-corrected chi connectivity index (χ0v) is 13.1. The Morgan fingerprint density at radius 2 is 2.00 bits per heavy atom. The number of hydrogen-bond donors (Lipinski definition) is 1. The second-order valence-corrected chi connectivity index (χ2v) is 4.97. The van der Waals surface area contributed by atoms with E-state index in [1.807, 2.05) is 0 Å². The Bertz CT molecular complexity index is 683. The highest BCUT2D eigenvalue weighted by Gasteiger charge is 2.38. The van der Waals surface area contributed by atoms with Crippen molar-refractivity contribution in [1.82, 2.24) is 15.5 Å². The largest absolute Gasteiger partial charge is 0.471 e. The summed E-state index contributed by atoms with van der Waals surface area (Å²) in [5.74, 6) is -1.66. The first kappa shape index (κ1) is 17.9. The summed E-state index contributed by atoms with van der Waals surface area (Å²) in [7, 11) is 1.48. The average molecular weight is 343 g/mol. The lowest BCUT2D eigenvalue weighted by molar-refractivity contribution is -0.159. The van der Waals surface area contributed by atoms with Crippen LogP contribution in [-0.2, 0) is 22.1 Å². The highest BCUT2D eigenvalue weighted by Crippen LogP contribution is 2.29. The smallest absolute Gasteiger partial charge is 0.361 e. The summed E-state index contributed by atoms with van der Waals surface area (Å²) in [5, 5.41) is 6.03. The van der Waals surface area contributed by atoms with E-state index in [2.05, 4.69) is 20.0 Å². The second kappa shape index (κ2) is 7.43. The van der Waals surface area contributed by atoms with Crippen molar-refractivity contribution in [2.24, 2.45) is 0 Å². The number of nitrogens with zero attached hydrogens (tertiary/aromatic N) is 2.